The fraction of sp³-hybridized carbons (Fsp3) is 0.235. The zero-order chi connectivity index (χ0) is 16.6. The van der Waals surface area contributed by atoms with Gasteiger partial charge in [-0.1, -0.05) is 42.1 Å². The first-order chi connectivity index (χ1) is 11.8. The molecule has 3 aromatic rings. The fourth-order valence-corrected chi connectivity index (χ4v) is 3.03. The molecule has 0 unspecified atom stereocenters. The molecular weight excluding hydrogens is 361 g/mol. The molecule has 0 aliphatic carbocycles. The summed E-state index contributed by atoms with van der Waals surface area (Å²) >= 11 is 1.63. The lowest BCUT2D eigenvalue weighted by molar-refractivity contribution is 0.624. The number of para-hydroxylation sites is 1. The van der Waals surface area contributed by atoms with Crippen molar-refractivity contribution < 1.29 is 4.39 Å². The summed E-state index contributed by atoms with van der Waals surface area (Å²) in [4.78, 5) is 0. The lowest BCUT2D eigenvalue weighted by Crippen LogP contribution is -2.15. The van der Waals surface area contributed by atoms with Crippen LogP contribution in [0, 0.1) is 5.82 Å². The van der Waals surface area contributed by atoms with E-state index in [9.17, 15) is 4.39 Å². The van der Waals surface area contributed by atoms with Gasteiger partial charge >= 0.3 is 0 Å². The Morgan fingerprint density at radius 1 is 1.04 bits per heavy atom. The van der Waals surface area contributed by atoms with Gasteiger partial charge in [0.05, 0.1) is 5.69 Å². The van der Waals surface area contributed by atoms with Gasteiger partial charge in [0.1, 0.15) is 5.82 Å². The quantitative estimate of drug-likeness (QED) is 0.479. The number of aromatic nitrogens is 4. The Morgan fingerprint density at radius 2 is 1.80 bits per heavy atom. The van der Waals surface area contributed by atoms with E-state index in [4.69, 9.17) is 0 Å². The molecule has 132 valence electrons. The minimum atomic E-state index is -0.203. The molecule has 0 bridgehead atoms. The largest absolute Gasteiger partial charge is 0.313 e. The second-order valence-electron chi connectivity index (χ2n) is 5.21. The highest BCUT2D eigenvalue weighted by atomic mass is 35.5. The lowest BCUT2D eigenvalue weighted by atomic mass is 10.2. The first kappa shape index (κ1) is 19.4. The van der Waals surface area contributed by atoms with Crippen LogP contribution in [0.25, 0.3) is 5.69 Å². The Hall–Kier alpha value is -1.96. The van der Waals surface area contributed by atoms with Gasteiger partial charge in [0, 0.05) is 12.3 Å². The molecule has 5 nitrogen and oxygen atoms in total. The van der Waals surface area contributed by atoms with Crippen molar-refractivity contribution in [1.29, 1.82) is 0 Å². The number of nitrogens with one attached hydrogen (secondary N) is 1. The first-order valence-electron chi connectivity index (χ1n) is 7.75. The Labute approximate surface area is 156 Å². The number of nitrogens with zero attached hydrogens (tertiary/aromatic N) is 4. The third kappa shape index (κ3) is 5.81. The highest BCUT2D eigenvalue weighted by molar-refractivity contribution is 7.99. The molecule has 0 saturated heterocycles. The number of hydrogen-bond donors (Lipinski definition) is 1. The number of thioether (sulfide) groups is 1. The Bertz CT molecular complexity index is 751. The number of tetrazole rings is 1. The molecule has 0 amide bonds. The van der Waals surface area contributed by atoms with Crippen LogP contribution in [0.4, 0.5) is 4.39 Å². The average Bonchev–Trinajstić information content (AvgIpc) is 3.09. The van der Waals surface area contributed by atoms with Crippen molar-refractivity contribution in [2.24, 2.45) is 0 Å². The van der Waals surface area contributed by atoms with Crippen molar-refractivity contribution in [2.45, 2.75) is 18.1 Å². The van der Waals surface area contributed by atoms with Gasteiger partial charge in [0.25, 0.3) is 0 Å². The van der Waals surface area contributed by atoms with Crippen LogP contribution < -0.4 is 5.32 Å². The Morgan fingerprint density at radius 3 is 2.56 bits per heavy atom. The summed E-state index contributed by atoms with van der Waals surface area (Å²) in [6.07, 6.45) is 0.994. The minimum absolute atomic E-state index is 0. The van der Waals surface area contributed by atoms with Crippen LogP contribution in [0.15, 0.2) is 59.8 Å². The van der Waals surface area contributed by atoms with Crippen LogP contribution in [0.3, 0.4) is 0 Å². The summed E-state index contributed by atoms with van der Waals surface area (Å²) in [5, 5.41) is 16.0. The molecule has 1 N–H and O–H groups in total. The molecule has 0 fully saturated rings. The SMILES string of the molecule is Cl.Fc1ccc(CNCCCSc2nnnn2-c2ccccc2)cc1. The molecule has 0 spiro atoms. The van der Waals surface area contributed by atoms with Crippen molar-refractivity contribution in [1.82, 2.24) is 25.5 Å². The van der Waals surface area contributed by atoms with E-state index in [-0.39, 0.29) is 18.2 Å². The maximum absolute atomic E-state index is 12.8. The summed E-state index contributed by atoms with van der Waals surface area (Å²) in [6, 6.07) is 16.4. The van der Waals surface area contributed by atoms with Crippen molar-refractivity contribution in [3.63, 3.8) is 0 Å². The average molecular weight is 380 g/mol. The summed E-state index contributed by atoms with van der Waals surface area (Å²) in [5.41, 5.74) is 2.04. The van der Waals surface area contributed by atoms with Crippen LogP contribution in [0.1, 0.15) is 12.0 Å². The van der Waals surface area contributed by atoms with E-state index in [1.54, 1.807) is 28.6 Å². The number of rotatable bonds is 8. The van der Waals surface area contributed by atoms with Gasteiger partial charge in [-0.15, -0.1) is 17.5 Å². The van der Waals surface area contributed by atoms with Crippen molar-refractivity contribution >= 4 is 24.2 Å². The summed E-state index contributed by atoms with van der Waals surface area (Å²) in [7, 11) is 0. The summed E-state index contributed by atoms with van der Waals surface area (Å²) in [5.74, 6) is 0.718. The van der Waals surface area contributed by atoms with E-state index in [1.807, 2.05) is 30.3 Å². The van der Waals surface area contributed by atoms with Gasteiger partial charge in [-0.3, -0.25) is 0 Å². The van der Waals surface area contributed by atoms with E-state index >= 15 is 0 Å². The topological polar surface area (TPSA) is 55.6 Å². The second-order valence-corrected chi connectivity index (χ2v) is 6.28. The minimum Gasteiger partial charge on any atom is -0.313 e. The predicted octanol–water partition coefficient (Wildman–Crippen LogP) is 3.50. The lowest BCUT2D eigenvalue weighted by Gasteiger charge is -2.06. The van der Waals surface area contributed by atoms with Crippen molar-refractivity contribution in [2.75, 3.05) is 12.3 Å². The molecule has 1 heterocycles. The molecule has 25 heavy (non-hydrogen) atoms. The second kappa shape index (κ2) is 10.1. The number of halogens is 2. The van der Waals surface area contributed by atoms with E-state index in [1.165, 1.54) is 12.1 Å². The smallest absolute Gasteiger partial charge is 0.214 e. The zero-order valence-electron chi connectivity index (χ0n) is 13.5. The molecule has 0 aliphatic rings. The molecule has 1 aromatic heterocycles. The van der Waals surface area contributed by atoms with Crippen LogP contribution >= 0.6 is 24.2 Å². The normalized spacial score (nSPS) is 10.4. The molecule has 0 aliphatic heterocycles. The monoisotopic (exact) mass is 379 g/mol. The summed E-state index contributed by atoms with van der Waals surface area (Å²) in [6.45, 7) is 1.63. The van der Waals surface area contributed by atoms with E-state index in [2.05, 4.69) is 20.8 Å². The van der Waals surface area contributed by atoms with Crippen molar-refractivity contribution in [3.8, 4) is 5.69 Å². The van der Waals surface area contributed by atoms with Gasteiger partial charge in [-0.25, -0.2) is 4.39 Å². The van der Waals surface area contributed by atoms with Crippen LogP contribution in [0.2, 0.25) is 0 Å². The Kier molecular flexibility index (Phi) is 7.84. The molecule has 8 heteroatoms. The number of hydrogen-bond acceptors (Lipinski definition) is 5. The van der Waals surface area contributed by atoms with Gasteiger partial charge in [0.15, 0.2) is 0 Å². The van der Waals surface area contributed by atoms with Gasteiger partial charge in [0.2, 0.25) is 5.16 Å². The Balaban J connectivity index is 0.00000225. The molecular formula is C17H19ClFN5S. The van der Waals surface area contributed by atoms with Crippen LogP contribution in [-0.2, 0) is 6.54 Å². The predicted molar refractivity (Wildman–Crippen MR) is 99.8 cm³/mol. The molecule has 3 rings (SSSR count). The highest BCUT2D eigenvalue weighted by Crippen LogP contribution is 2.18. The van der Waals surface area contributed by atoms with Gasteiger partial charge in [-0.05, 0) is 53.2 Å². The highest BCUT2D eigenvalue weighted by Gasteiger charge is 2.07. The van der Waals surface area contributed by atoms with Crippen LogP contribution in [0.5, 0.6) is 0 Å². The standard InChI is InChI=1S/C17H18FN5S.ClH/c18-15-9-7-14(8-10-15)13-19-11-4-12-24-17-20-21-22-23(17)16-5-2-1-3-6-16;/h1-3,5-10,19H,4,11-13H2;1H. The van der Waals surface area contributed by atoms with E-state index in [0.717, 1.165) is 41.7 Å². The summed E-state index contributed by atoms with van der Waals surface area (Å²) < 4.78 is 14.6. The van der Waals surface area contributed by atoms with Crippen molar-refractivity contribution in [3.05, 3.63) is 66.0 Å². The molecule has 0 saturated carbocycles. The first-order valence-corrected chi connectivity index (χ1v) is 8.73. The number of benzene rings is 2. The molecule has 0 radical (unpaired) electrons. The molecule has 2 aromatic carbocycles. The third-order valence-electron chi connectivity index (χ3n) is 3.41. The van der Waals surface area contributed by atoms with Crippen LogP contribution in [-0.4, -0.2) is 32.5 Å². The molecule has 0 atom stereocenters. The van der Waals surface area contributed by atoms with E-state index < -0.39 is 0 Å². The maximum atomic E-state index is 12.8. The van der Waals surface area contributed by atoms with Gasteiger partial charge in [-0.2, -0.15) is 4.68 Å². The van der Waals surface area contributed by atoms with E-state index in [0.29, 0.717) is 0 Å². The maximum Gasteiger partial charge on any atom is 0.214 e. The zero-order valence-corrected chi connectivity index (χ0v) is 15.1. The third-order valence-corrected chi connectivity index (χ3v) is 4.42. The fourth-order valence-electron chi connectivity index (χ4n) is 2.20. The van der Waals surface area contributed by atoms with Gasteiger partial charge < -0.3 is 5.32 Å².